The summed E-state index contributed by atoms with van der Waals surface area (Å²) in [6.45, 7) is 9.68. The summed E-state index contributed by atoms with van der Waals surface area (Å²) in [4.78, 5) is 26.9. The lowest BCUT2D eigenvalue weighted by atomic mass is 9.86. The van der Waals surface area contributed by atoms with Gasteiger partial charge in [0.15, 0.2) is 0 Å². The van der Waals surface area contributed by atoms with E-state index in [-0.39, 0.29) is 24.0 Å². The van der Waals surface area contributed by atoms with E-state index in [4.69, 9.17) is 9.47 Å². The minimum atomic E-state index is -0.738. The number of carboxylic acids is 1. The molecule has 1 aliphatic rings. The normalized spacial score (nSPS) is 17.9. The van der Waals surface area contributed by atoms with Crippen molar-refractivity contribution in [1.29, 1.82) is 0 Å². The van der Waals surface area contributed by atoms with E-state index in [0.717, 1.165) is 41.9 Å². The first-order valence-corrected chi connectivity index (χ1v) is 14.1. The van der Waals surface area contributed by atoms with E-state index in [9.17, 15) is 14.7 Å². The van der Waals surface area contributed by atoms with E-state index in [1.807, 2.05) is 50.8 Å². The number of unbranched alkanes of at least 4 members (excludes halogenated alkanes) is 1. The number of carbonyl (C=O) groups excluding carboxylic acids is 1. The highest BCUT2D eigenvalue weighted by Crippen LogP contribution is 2.35. The second-order valence-corrected chi connectivity index (χ2v) is 10.2. The average Bonchev–Trinajstić information content (AvgIpc) is 2.91. The third-order valence-corrected chi connectivity index (χ3v) is 7.51. The SMILES string of the molecule is CCOc1cc(C(C)N(CCCCc2ccccc2)C(=O)NC2CCC(C(=O)O)CC2)cc(OCC)c1C. The summed E-state index contributed by atoms with van der Waals surface area (Å²) in [6.07, 6.45) is 5.39. The third-order valence-electron chi connectivity index (χ3n) is 7.51. The van der Waals surface area contributed by atoms with E-state index in [2.05, 4.69) is 29.6 Å². The van der Waals surface area contributed by atoms with Crippen LogP contribution in [-0.4, -0.2) is 47.8 Å². The molecule has 0 radical (unpaired) electrons. The van der Waals surface area contributed by atoms with Crippen LogP contribution >= 0.6 is 0 Å². The summed E-state index contributed by atoms with van der Waals surface area (Å²) in [7, 11) is 0. The number of carbonyl (C=O) groups is 2. The summed E-state index contributed by atoms with van der Waals surface area (Å²) in [5.74, 6) is 0.504. The monoisotopic (exact) mass is 524 g/mol. The molecule has 7 nitrogen and oxygen atoms in total. The number of carboxylic acid groups (broad SMARTS) is 1. The number of ether oxygens (including phenoxy) is 2. The predicted molar refractivity (Wildman–Crippen MR) is 150 cm³/mol. The van der Waals surface area contributed by atoms with E-state index in [1.54, 1.807) is 0 Å². The molecule has 2 N–H and O–H groups in total. The maximum atomic E-state index is 13.6. The summed E-state index contributed by atoms with van der Waals surface area (Å²) in [6, 6.07) is 14.1. The summed E-state index contributed by atoms with van der Waals surface area (Å²) in [5, 5.41) is 12.5. The number of amides is 2. The Bertz CT molecular complexity index is 1010. The van der Waals surface area contributed by atoms with Gasteiger partial charge < -0.3 is 24.8 Å². The molecular weight excluding hydrogens is 480 g/mol. The zero-order chi connectivity index (χ0) is 27.5. The van der Waals surface area contributed by atoms with Gasteiger partial charge in [-0.25, -0.2) is 4.79 Å². The Morgan fingerprint density at radius 2 is 1.61 bits per heavy atom. The number of hydrogen-bond acceptors (Lipinski definition) is 4. The largest absolute Gasteiger partial charge is 0.493 e. The Balaban J connectivity index is 1.76. The molecule has 2 amide bonds. The zero-order valence-corrected chi connectivity index (χ0v) is 23.4. The minimum Gasteiger partial charge on any atom is -0.493 e. The van der Waals surface area contributed by atoms with Crippen molar-refractivity contribution in [2.45, 2.75) is 84.7 Å². The van der Waals surface area contributed by atoms with Gasteiger partial charge in [0.25, 0.3) is 0 Å². The van der Waals surface area contributed by atoms with Crippen LogP contribution in [0.15, 0.2) is 42.5 Å². The number of nitrogens with zero attached hydrogens (tertiary/aromatic N) is 1. The minimum absolute atomic E-state index is 0.00638. The molecule has 2 aromatic carbocycles. The molecule has 7 heteroatoms. The van der Waals surface area contributed by atoms with Crippen LogP contribution in [-0.2, 0) is 11.2 Å². The number of aryl methyl sites for hydroxylation is 1. The van der Waals surface area contributed by atoms with Crippen molar-refractivity contribution in [2.75, 3.05) is 19.8 Å². The Morgan fingerprint density at radius 1 is 1.00 bits per heavy atom. The average molecular weight is 525 g/mol. The van der Waals surface area contributed by atoms with Crippen molar-refractivity contribution >= 4 is 12.0 Å². The molecule has 0 saturated heterocycles. The molecule has 1 unspecified atom stereocenters. The summed E-state index contributed by atoms with van der Waals surface area (Å²) < 4.78 is 11.8. The van der Waals surface area contributed by atoms with Crippen LogP contribution in [0.3, 0.4) is 0 Å². The molecule has 208 valence electrons. The Kier molecular flexibility index (Phi) is 11.3. The standard InChI is InChI=1S/C31H44N2O5/c1-5-37-28-20-26(21-29(22(28)3)38-6-2)23(4)33(19-11-10-14-24-12-8-7-9-13-24)31(36)32-27-17-15-25(16-18-27)30(34)35/h7-9,12-13,20-21,23,25,27H,5-6,10-11,14-19H2,1-4H3,(H,32,36)(H,34,35). The summed E-state index contributed by atoms with van der Waals surface area (Å²) >= 11 is 0. The van der Waals surface area contributed by atoms with Crippen molar-refractivity contribution in [3.05, 3.63) is 59.2 Å². The number of urea groups is 1. The van der Waals surface area contributed by atoms with Crippen molar-refractivity contribution in [3.63, 3.8) is 0 Å². The quantitative estimate of drug-likeness (QED) is 0.291. The lowest BCUT2D eigenvalue weighted by Crippen LogP contribution is -2.47. The molecule has 0 spiro atoms. The van der Waals surface area contributed by atoms with E-state index in [0.29, 0.717) is 45.4 Å². The van der Waals surface area contributed by atoms with Crippen LogP contribution in [0, 0.1) is 12.8 Å². The molecule has 38 heavy (non-hydrogen) atoms. The highest BCUT2D eigenvalue weighted by molar-refractivity contribution is 5.75. The molecule has 0 aliphatic heterocycles. The van der Waals surface area contributed by atoms with E-state index < -0.39 is 5.97 Å². The smallest absolute Gasteiger partial charge is 0.318 e. The Morgan fingerprint density at radius 3 is 2.16 bits per heavy atom. The predicted octanol–water partition coefficient (Wildman–Crippen LogP) is 6.53. The van der Waals surface area contributed by atoms with E-state index >= 15 is 0 Å². The maximum Gasteiger partial charge on any atom is 0.318 e. The van der Waals surface area contributed by atoms with Gasteiger partial charge in [0.05, 0.1) is 25.2 Å². The summed E-state index contributed by atoms with van der Waals surface area (Å²) in [5.41, 5.74) is 3.22. The van der Waals surface area contributed by atoms with Gasteiger partial charge in [0.2, 0.25) is 0 Å². The van der Waals surface area contributed by atoms with Crippen LogP contribution in [0.5, 0.6) is 11.5 Å². The van der Waals surface area contributed by atoms with Gasteiger partial charge in [-0.3, -0.25) is 4.79 Å². The van der Waals surface area contributed by atoms with Gasteiger partial charge in [-0.15, -0.1) is 0 Å². The first-order chi connectivity index (χ1) is 18.3. The van der Waals surface area contributed by atoms with Crippen LogP contribution in [0.4, 0.5) is 4.79 Å². The van der Waals surface area contributed by atoms with Crippen LogP contribution in [0.2, 0.25) is 0 Å². The molecule has 0 bridgehead atoms. The lowest BCUT2D eigenvalue weighted by molar-refractivity contribution is -0.142. The van der Waals surface area contributed by atoms with Gasteiger partial charge in [-0.1, -0.05) is 30.3 Å². The fourth-order valence-electron chi connectivity index (χ4n) is 5.18. The molecule has 0 aromatic heterocycles. The second-order valence-electron chi connectivity index (χ2n) is 10.2. The molecule has 0 heterocycles. The lowest BCUT2D eigenvalue weighted by Gasteiger charge is -2.34. The van der Waals surface area contributed by atoms with Gasteiger partial charge >= 0.3 is 12.0 Å². The van der Waals surface area contributed by atoms with Gasteiger partial charge in [0.1, 0.15) is 11.5 Å². The van der Waals surface area contributed by atoms with Gasteiger partial charge in [0, 0.05) is 18.2 Å². The number of aliphatic carboxylic acids is 1. The Hall–Kier alpha value is -3.22. The number of rotatable bonds is 13. The van der Waals surface area contributed by atoms with E-state index in [1.165, 1.54) is 5.56 Å². The van der Waals surface area contributed by atoms with Crippen LogP contribution < -0.4 is 14.8 Å². The topological polar surface area (TPSA) is 88.1 Å². The van der Waals surface area contributed by atoms with Crippen LogP contribution in [0.25, 0.3) is 0 Å². The molecule has 1 saturated carbocycles. The fourth-order valence-corrected chi connectivity index (χ4v) is 5.18. The van der Waals surface area contributed by atoms with Crippen LogP contribution in [0.1, 0.15) is 82.0 Å². The fraction of sp³-hybridized carbons (Fsp3) is 0.548. The first-order valence-electron chi connectivity index (χ1n) is 14.1. The van der Waals surface area contributed by atoms with Crippen molar-refractivity contribution in [3.8, 4) is 11.5 Å². The molecule has 1 fully saturated rings. The van der Waals surface area contributed by atoms with Crippen molar-refractivity contribution in [2.24, 2.45) is 5.92 Å². The number of nitrogens with one attached hydrogen (secondary N) is 1. The Labute approximate surface area is 227 Å². The first kappa shape index (κ1) is 29.3. The highest BCUT2D eigenvalue weighted by Gasteiger charge is 2.29. The van der Waals surface area contributed by atoms with Crippen molar-refractivity contribution < 1.29 is 24.2 Å². The molecule has 1 aliphatic carbocycles. The number of benzene rings is 2. The van der Waals surface area contributed by atoms with Gasteiger partial charge in [-0.2, -0.15) is 0 Å². The molecule has 2 aromatic rings. The molecular formula is C31H44N2O5. The van der Waals surface area contributed by atoms with Crippen molar-refractivity contribution in [1.82, 2.24) is 10.2 Å². The maximum absolute atomic E-state index is 13.6. The van der Waals surface area contributed by atoms with Gasteiger partial charge in [-0.05, 0) is 95.9 Å². The highest BCUT2D eigenvalue weighted by atomic mass is 16.5. The third kappa shape index (κ3) is 8.14. The zero-order valence-electron chi connectivity index (χ0n) is 23.4. The number of hydrogen-bond donors (Lipinski definition) is 2. The second kappa shape index (κ2) is 14.6. The molecule has 1 atom stereocenters. The molecule has 3 rings (SSSR count).